The average Bonchev–Trinajstić information content (AvgIpc) is 3.95. The van der Waals surface area contributed by atoms with Crippen LogP contribution in [0.3, 0.4) is 0 Å². The van der Waals surface area contributed by atoms with E-state index in [4.69, 9.17) is 4.42 Å². The van der Waals surface area contributed by atoms with Crippen molar-refractivity contribution in [3.05, 3.63) is 255 Å². The van der Waals surface area contributed by atoms with Crippen LogP contribution in [-0.4, -0.2) is 4.57 Å². The molecule has 0 unspecified atom stereocenters. The molecule has 0 fully saturated rings. The molecule has 2 heterocycles. The normalized spacial score (nSPS) is 11.6. The van der Waals surface area contributed by atoms with Gasteiger partial charge >= 0.3 is 0 Å². The van der Waals surface area contributed by atoms with Crippen LogP contribution in [0, 0.1) is 0 Å². The minimum Gasteiger partial charge on any atom is -0.456 e. The van der Waals surface area contributed by atoms with Gasteiger partial charge in [-0.2, -0.15) is 0 Å². The predicted octanol–water partition coefficient (Wildman–Crippen LogP) is 18.0. The fraction of sp³-hybridized carbons (Fsp3) is 0. The van der Waals surface area contributed by atoms with Crippen LogP contribution in [0.25, 0.3) is 105 Å². The molecule has 0 saturated carbocycles. The van der Waals surface area contributed by atoms with E-state index in [0.717, 1.165) is 66.9 Å². The first-order valence-electron chi connectivity index (χ1n) is 22.9. The summed E-state index contributed by atoms with van der Waals surface area (Å²) in [6.07, 6.45) is 0. The van der Waals surface area contributed by atoms with Crippen LogP contribution in [0.4, 0.5) is 17.1 Å². The number of benzene rings is 11. The lowest BCUT2D eigenvalue weighted by Gasteiger charge is -2.27. The van der Waals surface area contributed by atoms with Gasteiger partial charge in [-0.25, -0.2) is 0 Å². The summed E-state index contributed by atoms with van der Waals surface area (Å²) in [6.45, 7) is 0. The van der Waals surface area contributed by atoms with E-state index in [2.05, 4.69) is 252 Å². The smallest absolute Gasteiger partial charge is 0.136 e. The summed E-state index contributed by atoms with van der Waals surface area (Å²) in [4.78, 5) is 2.37. The number of anilines is 3. The zero-order valence-electron chi connectivity index (χ0n) is 36.6. The third kappa shape index (κ3) is 6.76. The number of hydrogen-bond acceptors (Lipinski definition) is 2. The number of fused-ring (bicyclic) bond motifs is 7. The topological polar surface area (TPSA) is 21.3 Å². The maximum Gasteiger partial charge on any atom is 0.136 e. The first kappa shape index (κ1) is 38.5. The molecule has 3 heteroatoms. The standard InChI is InChI=1S/C64H42N2O/c1-2-13-48-40-50(31-30-43(48)12-1)49-14-9-16-54(41-49)65(55-17-10-15-51(42-55)56-21-11-25-63-64(56)59-20-5-8-24-62(59)67-63)52-36-32-46(33-37-52)44-26-28-45(29-27-44)47-34-38-53(39-35-47)66-60-22-6-3-18-57(60)58-19-4-7-23-61(58)66/h1-42H. The van der Waals surface area contributed by atoms with E-state index in [1.807, 2.05) is 12.1 Å². The molecule has 3 nitrogen and oxygen atoms in total. The second-order valence-corrected chi connectivity index (χ2v) is 17.3. The van der Waals surface area contributed by atoms with Crippen molar-refractivity contribution in [2.45, 2.75) is 0 Å². The van der Waals surface area contributed by atoms with Gasteiger partial charge in [0.1, 0.15) is 11.2 Å². The molecule has 13 aromatic rings. The number of furan rings is 1. The van der Waals surface area contributed by atoms with E-state index < -0.39 is 0 Å². The van der Waals surface area contributed by atoms with Gasteiger partial charge in [0.25, 0.3) is 0 Å². The van der Waals surface area contributed by atoms with Gasteiger partial charge in [0.15, 0.2) is 0 Å². The third-order valence-electron chi connectivity index (χ3n) is 13.4. The molecule has 0 atom stereocenters. The van der Waals surface area contributed by atoms with Crippen molar-refractivity contribution < 1.29 is 4.42 Å². The Hall–Kier alpha value is -8.92. The highest BCUT2D eigenvalue weighted by atomic mass is 16.3. The van der Waals surface area contributed by atoms with Gasteiger partial charge in [0.2, 0.25) is 0 Å². The Morgan fingerprint density at radius 3 is 1.48 bits per heavy atom. The van der Waals surface area contributed by atoms with Crippen molar-refractivity contribution in [3.63, 3.8) is 0 Å². The van der Waals surface area contributed by atoms with Gasteiger partial charge in [-0.1, -0.05) is 176 Å². The SMILES string of the molecule is c1cc(-c2ccc3ccccc3c2)cc(N(c2ccc(-c3ccc(-c4ccc(-n5c6ccccc6c6ccccc65)cc4)cc3)cc2)c2cccc(-c3cccc4oc5ccccc5c34)c2)c1. The number of aromatic nitrogens is 1. The van der Waals surface area contributed by atoms with Crippen molar-refractivity contribution in [1.82, 2.24) is 4.57 Å². The Morgan fingerprint density at radius 2 is 0.791 bits per heavy atom. The molecule has 0 amide bonds. The fourth-order valence-electron chi connectivity index (χ4n) is 10.1. The van der Waals surface area contributed by atoms with E-state index in [9.17, 15) is 0 Å². The molecule has 2 aromatic heterocycles. The second kappa shape index (κ2) is 16.0. The van der Waals surface area contributed by atoms with Crippen LogP contribution in [-0.2, 0) is 0 Å². The monoisotopic (exact) mass is 854 g/mol. The summed E-state index contributed by atoms with van der Waals surface area (Å²) in [5, 5.41) is 7.26. The molecular weight excluding hydrogens is 813 g/mol. The summed E-state index contributed by atoms with van der Waals surface area (Å²) in [5.41, 5.74) is 17.9. The van der Waals surface area contributed by atoms with Crippen LogP contribution >= 0.6 is 0 Å². The Kier molecular flexibility index (Phi) is 9.17. The van der Waals surface area contributed by atoms with Crippen LogP contribution in [0.5, 0.6) is 0 Å². The fourth-order valence-corrected chi connectivity index (χ4v) is 10.1. The van der Waals surface area contributed by atoms with E-state index in [1.54, 1.807) is 0 Å². The zero-order chi connectivity index (χ0) is 44.3. The molecule has 13 rings (SSSR count). The molecular formula is C64H42N2O. The lowest BCUT2D eigenvalue weighted by molar-refractivity contribution is 0.669. The van der Waals surface area contributed by atoms with Crippen LogP contribution in [0.1, 0.15) is 0 Å². The molecule has 0 aliphatic carbocycles. The first-order chi connectivity index (χ1) is 33.2. The van der Waals surface area contributed by atoms with E-state index >= 15 is 0 Å². The van der Waals surface area contributed by atoms with Crippen LogP contribution in [0.15, 0.2) is 259 Å². The lowest BCUT2D eigenvalue weighted by atomic mass is 9.98. The molecule has 11 aromatic carbocycles. The van der Waals surface area contributed by atoms with Gasteiger partial charge in [-0.15, -0.1) is 0 Å². The highest BCUT2D eigenvalue weighted by molar-refractivity contribution is 6.13. The maximum atomic E-state index is 6.32. The molecule has 0 N–H and O–H groups in total. The highest BCUT2D eigenvalue weighted by Crippen LogP contribution is 2.42. The maximum absolute atomic E-state index is 6.32. The van der Waals surface area contributed by atoms with E-state index in [1.165, 1.54) is 54.8 Å². The number of hydrogen-bond donors (Lipinski definition) is 0. The molecule has 0 radical (unpaired) electrons. The summed E-state index contributed by atoms with van der Waals surface area (Å²) in [5.74, 6) is 0. The van der Waals surface area contributed by atoms with Crippen molar-refractivity contribution in [3.8, 4) is 50.2 Å². The lowest BCUT2D eigenvalue weighted by Crippen LogP contribution is -2.10. The third-order valence-corrected chi connectivity index (χ3v) is 13.4. The summed E-state index contributed by atoms with van der Waals surface area (Å²) in [6, 6.07) is 91.9. The largest absolute Gasteiger partial charge is 0.456 e. The summed E-state index contributed by atoms with van der Waals surface area (Å²) >= 11 is 0. The van der Waals surface area contributed by atoms with Gasteiger partial charge in [0, 0.05) is 44.3 Å². The van der Waals surface area contributed by atoms with Gasteiger partial charge in [-0.3, -0.25) is 0 Å². The van der Waals surface area contributed by atoms with Crippen molar-refractivity contribution in [1.29, 1.82) is 0 Å². The Balaban J connectivity index is 0.847. The van der Waals surface area contributed by atoms with Crippen molar-refractivity contribution in [2.75, 3.05) is 4.90 Å². The van der Waals surface area contributed by atoms with Crippen LogP contribution < -0.4 is 4.90 Å². The molecule has 67 heavy (non-hydrogen) atoms. The number of para-hydroxylation sites is 3. The zero-order valence-corrected chi connectivity index (χ0v) is 36.6. The van der Waals surface area contributed by atoms with Crippen molar-refractivity contribution >= 4 is 71.6 Å². The van der Waals surface area contributed by atoms with Crippen molar-refractivity contribution in [2.24, 2.45) is 0 Å². The highest BCUT2D eigenvalue weighted by Gasteiger charge is 2.18. The summed E-state index contributed by atoms with van der Waals surface area (Å²) in [7, 11) is 0. The molecule has 0 bridgehead atoms. The number of rotatable bonds is 8. The second-order valence-electron chi connectivity index (χ2n) is 17.3. The molecule has 0 saturated heterocycles. The Labute approximate surface area is 388 Å². The van der Waals surface area contributed by atoms with Gasteiger partial charge in [0.05, 0.1) is 11.0 Å². The Morgan fingerprint density at radius 1 is 0.299 bits per heavy atom. The van der Waals surface area contributed by atoms with Gasteiger partial charge < -0.3 is 13.9 Å². The Bertz CT molecular complexity index is 3920. The molecule has 0 aliphatic heterocycles. The predicted molar refractivity (Wildman–Crippen MR) is 282 cm³/mol. The van der Waals surface area contributed by atoms with E-state index in [0.29, 0.717) is 0 Å². The minimum absolute atomic E-state index is 0.890. The molecule has 0 aliphatic rings. The minimum atomic E-state index is 0.890. The van der Waals surface area contributed by atoms with Crippen LogP contribution in [0.2, 0.25) is 0 Å². The number of nitrogens with zero attached hydrogens (tertiary/aromatic N) is 2. The molecule has 0 spiro atoms. The van der Waals surface area contributed by atoms with E-state index in [-0.39, 0.29) is 0 Å². The molecule has 314 valence electrons. The first-order valence-corrected chi connectivity index (χ1v) is 22.9. The van der Waals surface area contributed by atoms with Gasteiger partial charge in [-0.05, 0) is 134 Å². The summed E-state index contributed by atoms with van der Waals surface area (Å²) < 4.78 is 8.68. The quantitative estimate of drug-likeness (QED) is 0.152. The average molecular weight is 855 g/mol.